The molecule has 1 amide bonds. The molecule has 3 aliphatic rings. The number of carbonyl (C=O) groups excluding carboxylic acids is 1. The fraction of sp³-hybridized carbons (Fsp3) is 0.500. The van der Waals surface area contributed by atoms with Crippen LogP contribution in [-0.4, -0.2) is 73.3 Å². The highest BCUT2D eigenvalue weighted by atomic mass is 32.1. The Balaban J connectivity index is 1.46. The van der Waals surface area contributed by atoms with Gasteiger partial charge >= 0.3 is 0 Å². The number of aromatic nitrogens is 2. The summed E-state index contributed by atoms with van der Waals surface area (Å²) < 4.78 is 1.77. The second kappa shape index (κ2) is 8.22. The van der Waals surface area contributed by atoms with Crippen molar-refractivity contribution in [3.05, 3.63) is 42.7 Å². The van der Waals surface area contributed by atoms with Gasteiger partial charge in [0, 0.05) is 31.2 Å². The molecule has 2 aromatic rings. The second-order valence-electron chi connectivity index (χ2n) is 8.59. The van der Waals surface area contributed by atoms with E-state index in [1.165, 1.54) is 0 Å². The average Bonchev–Trinajstić information content (AvgIpc) is 3.45. The van der Waals surface area contributed by atoms with Crippen LogP contribution >= 0.6 is 12.2 Å². The van der Waals surface area contributed by atoms with Gasteiger partial charge in [0.05, 0.1) is 29.8 Å². The molecule has 5 atom stereocenters. The predicted molar refractivity (Wildman–Crippen MR) is 120 cm³/mol. The minimum atomic E-state index is -0.985. The van der Waals surface area contributed by atoms with Crippen molar-refractivity contribution in [2.45, 2.75) is 50.0 Å². The Morgan fingerprint density at radius 2 is 1.81 bits per heavy atom. The Labute approximate surface area is 186 Å². The van der Waals surface area contributed by atoms with E-state index in [0.717, 1.165) is 43.7 Å². The molecular formula is C22H27N5O3S. The first-order chi connectivity index (χ1) is 15.0. The Kier molecular flexibility index (Phi) is 5.41. The zero-order valence-corrected chi connectivity index (χ0v) is 18.0. The van der Waals surface area contributed by atoms with Crippen molar-refractivity contribution in [3.8, 4) is 5.69 Å². The molecule has 0 bridgehead atoms. The van der Waals surface area contributed by atoms with E-state index < -0.39 is 24.2 Å². The summed E-state index contributed by atoms with van der Waals surface area (Å²) in [4.78, 5) is 17.3. The van der Waals surface area contributed by atoms with Crippen molar-refractivity contribution < 1.29 is 15.0 Å². The molecule has 3 heterocycles. The average molecular weight is 442 g/mol. The van der Waals surface area contributed by atoms with Crippen LogP contribution in [0.5, 0.6) is 0 Å². The van der Waals surface area contributed by atoms with E-state index in [9.17, 15) is 15.0 Å². The van der Waals surface area contributed by atoms with Crippen LogP contribution < -0.4 is 10.2 Å². The fourth-order valence-electron chi connectivity index (χ4n) is 5.16. The molecule has 1 aliphatic carbocycles. The number of nitrogens with zero attached hydrogens (tertiary/aromatic N) is 4. The van der Waals surface area contributed by atoms with Crippen molar-refractivity contribution >= 4 is 28.9 Å². The van der Waals surface area contributed by atoms with Crippen LogP contribution in [0.4, 0.5) is 5.69 Å². The highest BCUT2D eigenvalue weighted by Gasteiger charge is 2.54. The van der Waals surface area contributed by atoms with Crippen molar-refractivity contribution in [2.75, 3.05) is 18.0 Å². The van der Waals surface area contributed by atoms with Crippen molar-refractivity contribution in [1.82, 2.24) is 20.0 Å². The summed E-state index contributed by atoms with van der Waals surface area (Å²) in [5, 5.41) is 29.1. The van der Waals surface area contributed by atoms with E-state index in [-0.39, 0.29) is 18.4 Å². The number of nitrogens with one attached hydrogen (secondary N) is 1. The Morgan fingerprint density at radius 3 is 2.48 bits per heavy atom. The van der Waals surface area contributed by atoms with Gasteiger partial charge in [0.25, 0.3) is 0 Å². The highest BCUT2D eigenvalue weighted by Crippen LogP contribution is 2.38. The van der Waals surface area contributed by atoms with Gasteiger partial charge in [-0.3, -0.25) is 4.79 Å². The van der Waals surface area contributed by atoms with Crippen LogP contribution in [0, 0.1) is 5.92 Å². The van der Waals surface area contributed by atoms with Crippen molar-refractivity contribution in [1.29, 1.82) is 0 Å². The lowest BCUT2D eigenvalue weighted by Crippen LogP contribution is -2.61. The van der Waals surface area contributed by atoms with Crippen molar-refractivity contribution in [3.63, 3.8) is 0 Å². The van der Waals surface area contributed by atoms with E-state index in [2.05, 4.69) is 10.4 Å². The number of anilines is 1. The third-order valence-electron chi connectivity index (χ3n) is 6.73. The molecule has 1 saturated carbocycles. The number of thiocarbonyl (C=S) groups is 1. The third kappa shape index (κ3) is 3.60. The molecule has 0 unspecified atom stereocenters. The van der Waals surface area contributed by atoms with Gasteiger partial charge in [-0.2, -0.15) is 5.10 Å². The van der Waals surface area contributed by atoms with E-state index in [1.807, 2.05) is 46.3 Å². The van der Waals surface area contributed by atoms with Crippen LogP contribution in [0.25, 0.3) is 5.69 Å². The van der Waals surface area contributed by atoms with Crippen LogP contribution in [0.3, 0.4) is 0 Å². The maximum atomic E-state index is 13.5. The number of fused-ring (bicyclic) bond motifs is 1. The molecule has 5 rings (SSSR count). The first kappa shape index (κ1) is 20.4. The largest absolute Gasteiger partial charge is 0.390 e. The number of aliphatic hydroxyl groups excluding tert-OH is 2. The number of rotatable bonds is 3. The van der Waals surface area contributed by atoms with Gasteiger partial charge in [-0.05, 0) is 68.2 Å². The Hall–Kier alpha value is -2.49. The first-order valence-corrected chi connectivity index (χ1v) is 11.3. The topological polar surface area (TPSA) is 93.9 Å². The lowest BCUT2D eigenvalue weighted by atomic mass is 9.76. The minimum absolute atomic E-state index is 0.0466. The molecule has 1 aromatic carbocycles. The number of hydrogen-bond acceptors (Lipinski definition) is 5. The summed E-state index contributed by atoms with van der Waals surface area (Å²) in [5.74, 6) is -0.398. The van der Waals surface area contributed by atoms with E-state index in [0.29, 0.717) is 5.11 Å². The molecule has 31 heavy (non-hydrogen) atoms. The van der Waals surface area contributed by atoms with Gasteiger partial charge in [-0.15, -0.1) is 0 Å². The predicted octanol–water partition coefficient (Wildman–Crippen LogP) is 1.06. The summed E-state index contributed by atoms with van der Waals surface area (Å²) in [5.41, 5.74) is 1.77. The maximum Gasteiger partial charge on any atom is 0.227 e. The lowest BCUT2D eigenvalue weighted by molar-refractivity contribution is -0.142. The molecular weight excluding hydrogens is 414 g/mol. The van der Waals surface area contributed by atoms with Crippen molar-refractivity contribution in [2.24, 2.45) is 5.92 Å². The zero-order valence-electron chi connectivity index (χ0n) is 17.2. The monoisotopic (exact) mass is 441 g/mol. The molecule has 0 spiro atoms. The van der Waals surface area contributed by atoms with Crippen LogP contribution in [-0.2, 0) is 4.79 Å². The smallest absolute Gasteiger partial charge is 0.227 e. The van der Waals surface area contributed by atoms with Gasteiger partial charge in [0.1, 0.15) is 6.10 Å². The maximum absolute atomic E-state index is 13.5. The summed E-state index contributed by atoms with van der Waals surface area (Å²) in [6, 6.07) is 8.82. The highest BCUT2D eigenvalue weighted by molar-refractivity contribution is 7.80. The van der Waals surface area contributed by atoms with Gasteiger partial charge in [-0.1, -0.05) is 0 Å². The quantitative estimate of drug-likeness (QED) is 0.613. The molecule has 3 fully saturated rings. The van der Waals surface area contributed by atoms with E-state index in [4.69, 9.17) is 12.2 Å². The summed E-state index contributed by atoms with van der Waals surface area (Å²) >= 11 is 5.62. The van der Waals surface area contributed by atoms with Crippen LogP contribution in [0.15, 0.2) is 42.7 Å². The molecule has 164 valence electrons. The van der Waals surface area contributed by atoms with Gasteiger partial charge in [0.15, 0.2) is 5.11 Å². The van der Waals surface area contributed by atoms with E-state index >= 15 is 0 Å². The van der Waals surface area contributed by atoms with E-state index in [1.54, 1.807) is 10.9 Å². The molecule has 2 saturated heterocycles. The standard InChI is InChI=1S/C22H27N5O3S/c28-17-13-16(21(30)25-10-2-1-3-11-25)19-18(20(17)29)24-22(31)27(19)15-7-5-14(6-8-15)26-12-4-9-23-26/h4-9,12,16-20,28-29H,1-3,10-11,13H2,(H,24,31)/t16-,17-,18-,19-,20+/m1/s1. The number of aliphatic hydroxyl groups is 2. The van der Waals surface area contributed by atoms with Gasteiger partial charge in [-0.25, -0.2) is 4.68 Å². The molecule has 3 N–H and O–H groups in total. The summed E-state index contributed by atoms with van der Waals surface area (Å²) in [6.45, 7) is 1.50. The molecule has 1 aromatic heterocycles. The zero-order chi connectivity index (χ0) is 21.5. The number of piperidine rings is 1. The number of benzene rings is 1. The Morgan fingerprint density at radius 1 is 1.10 bits per heavy atom. The normalized spacial score (nSPS) is 30.8. The molecule has 0 radical (unpaired) electrons. The fourth-order valence-corrected chi connectivity index (χ4v) is 5.53. The lowest BCUT2D eigenvalue weighted by Gasteiger charge is -2.43. The molecule has 9 heteroatoms. The SMILES string of the molecule is O=C([C@@H]1C[C@@H](O)[C@H](O)[C@@H]2NC(=S)N(c3ccc(-n4cccn4)cc3)[C@@H]21)N1CCCCC1. The van der Waals surface area contributed by atoms with Gasteiger partial charge in [0.2, 0.25) is 5.91 Å². The number of carbonyl (C=O) groups is 1. The molecule has 8 nitrogen and oxygen atoms in total. The minimum Gasteiger partial charge on any atom is -0.390 e. The third-order valence-corrected chi connectivity index (χ3v) is 7.04. The number of amides is 1. The van der Waals surface area contributed by atoms with Crippen LogP contribution in [0.2, 0.25) is 0 Å². The summed E-state index contributed by atoms with van der Waals surface area (Å²) in [6.07, 6.45) is 5.04. The summed E-state index contributed by atoms with van der Waals surface area (Å²) in [7, 11) is 0. The van der Waals surface area contributed by atoms with Gasteiger partial charge < -0.3 is 25.3 Å². The Bertz CT molecular complexity index is 945. The first-order valence-electron chi connectivity index (χ1n) is 10.9. The number of hydrogen-bond donors (Lipinski definition) is 3. The molecule has 2 aliphatic heterocycles. The number of likely N-dealkylation sites (tertiary alicyclic amines) is 1. The second-order valence-corrected chi connectivity index (χ2v) is 8.98. The van der Waals surface area contributed by atoms with Crippen LogP contribution in [0.1, 0.15) is 25.7 Å².